The summed E-state index contributed by atoms with van der Waals surface area (Å²) in [5.41, 5.74) is 1.27. The zero-order valence-corrected chi connectivity index (χ0v) is 17.1. The first-order chi connectivity index (χ1) is 13.7. The number of hydrogen-bond acceptors (Lipinski definition) is 7. The van der Waals surface area contributed by atoms with Crippen LogP contribution in [0.4, 0.5) is 5.82 Å². The van der Waals surface area contributed by atoms with Gasteiger partial charge in [0.1, 0.15) is 16.5 Å². The molecule has 0 radical (unpaired) electrons. The van der Waals surface area contributed by atoms with Crippen molar-refractivity contribution in [2.24, 2.45) is 0 Å². The molecule has 0 bridgehead atoms. The smallest absolute Gasteiger partial charge is 0.231 e. The third kappa shape index (κ3) is 3.29. The third-order valence-electron chi connectivity index (χ3n) is 5.40. The van der Waals surface area contributed by atoms with Gasteiger partial charge in [-0.2, -0.15) is 0 Å². The van der Waals surface area contributed by atoms with Gasteiger partial charge in [0.15, 0.2) is 11.5 Å². The molecule has 2 aliphatic heterocycles. The summed E-state index contributed by atoms with van der Waals surface area (Å²) in [7, 11) is 0. The van der Waals surface area contributed by atoms with Crippen LogP contribution in [0.25, 0.3) is 10.2 Å². The second-order valence-electron chi connectivity index (χ2n) is 7.33. The molecule has 4 heterocycles. The number of anilines is 1. The molecule has 3 aromatic rings. The Morgan fingerprint density at radius 3 is 2.68 bits per heavy atom. The molecular weight excluding hydrogens is 372 g/mol. The Hall–Kier alpha value is -2.38. The van der Waals surface area contributed by atoms with Gasteiger partial charge in [-0.05, 0) is 37.1 Å². The molecule has 1 aromatic carbocycles. The lowest BCUT2D eigenvalue weighted by Gasteiger charge is -2.35. The number of thiophene rings is 1. The van der Waals surface area contributed by atoms with Gasteiger partial charge in [0.2, 0.25) is 6.79 Å². The Kier molecular flexibility index (Phi) is 4.56. The van der Waals surface area contributed by atoms with Crippen LogP contribution in [0.15, 0.2) is 24.3 Å². The van der Waals surface area contributed by atoms with E-state index in [1.165, 1.54) is 15.8 Å². The SMILES string of the molecule is CCc1cc2c(N3CCN(Cc4ccc5c(c4)OCO5)CC3)nc(C)nc2s1. The lowest BCUT2D eigenvalue weighted by Crippen LogP contribution is -2.46. The molecule has 0 atom stereocenters. The zero-order chi connectivity index (χ0) is 19.1. The molecule has 1 saturated heterocycles. The van der Waals surface area contributed by atoms with Crippen molar-refractivity contribution in [1.82, 2.24) is 14.9 Å². The fourth-order valence-electron chi connectivity index (χ4n) is 3.89. The molecular formula is C21H24N4O2S. The van der Waals surface area contributed by atoms with Gasteiger partial charge in [-0.25, -0.2) is 9.97 Å². The van der Waals surface area contributed by atoms with Crippen molar-refractivity contribution in [3.63, 3.8) is 0 Å². The number of fused-ring (bicyclic) bond motifs is 2. The van der Waals surface area contributed by atoms with E-state index < -0.39 is 0 Å². The van der Waals surface area contributed by atoms with Crippen LogP contribution in [0.1, 0.15) is 23.2 Å². The Morgan fingerprint density at radius 1 is 1.04 bits per heavy atom. The molecule has 0 aliphatic carbocycles. The van der Waals surface area contributed by atoms with Gasteiger partial charge < -0.3 is 14.4 Å². The molecule has 7 heteroatoms. The largest absolute Gasteiger partial charge is 0.454 e. The highest BCUT2D eigenvalue weighted by molar-refractivity contribution is 7.18. The predicted octanol–water partition coefficient (Wildman–Crippen LogP) is 3.61. The van der Waals surface area contributed by atoms with E-state index in [-0.39, 0.29) is 0 Å². The van der Waals surface area contributed by atoms with Crippen molar-refractivity contribution in [1.29, 1.82) is 0 Å². The van der Waals surface area contributed by atoms with Gasteiger partial charge in [-0.1, -0.05) is 13.0 Å². The molecule has 6 nitrogen and oxygen atoms in total. The van der Waals surface area contributed by atoms with Gasteiger partial charge in [-0.3, -0.25) is 4.90 Å². The van der Waals surface area contributed by atoms with E-state index in [0.717, 1.165) is 67.1 Å². The average molecular weight is 397 g/mol. The Bertz CT molecular complexity index is 1010. The van der Waals surface area contributed by atoms with Crippen LogP contribution in [0.2, 0.25) is 0 Å². The van der Waals surface area contributed by atoms with Crippen LogP contribution < -0.4 is 14.4 Å². The summed E-state index contributed by atoms with van der Waals surface area (Å²) < 4.78 is 10.9. The van der Waals surface area contributed by atoms with E-state index in [0.29, 0.717) is 6.79 Å². The molecule has 0 unspecified atom stereocenters. The fraction of sp³-hybridized carbons (Fsp3) is 0.429. The fourth-order valence-corrected chi connectivity index (χ4v) is 4.90. The highest BCUT2D eigenvalue weighted by Crippen LogP contribution is 2.34. The molecule has 146 valence electrons. The van der Waals surface area contributed by atoms with E-state index in [1.807, 2.05) is 13.0 Å². The molecule has 0 spiro atoms. The highest BCUT2D eigenvalue weighted by Gasteiger charge is 2.22. The van der Waals surface area contributed by atoms with Gasteiger partial charge in [-0.15, -0.1) is 11.3 Å². The Balaban J connectivity index is 1.29. The van der Waals surface area contributed by atoms with E-state index in [4.69, 9.17) is 14.5 Å². The molecule has 0 amide bonds. The van der Waals surface area contributed by atoms with E-state index in [2.05, 4.69) is 39.9 Å². The van der Waals surface area contributed by atoms with Crippen LogP contribution in [-0.4, -0.2) is 47.8 Å². The summed E-state index contributed by atoms with van der Waals surface area (Å²) in [6, 6.07) is 8.52. The first kappa shape index (κ1) is 17.7. The van der Waals surface area contributed by atoms with Crippen LogP contribution in [-0.2, 0) is 13.0 Å². The number of aromatic nitrogens is 2. The van der Waals surface area contributed by atoms with Gasteiger partial charge in [0.05, 0.1) is 5.39 Å². The van der Waals surface area contributed by atoms with Crippen molar-refractivity contribution in [3.8, 4) is 11.5 Å². The number of rotatable bonds is 4. The first-order valence-corrected chi connectivity index (χ1v) is 10.6. The minimum absolute atomic E-state index is 0.326. The van der Waals surface area contributed by atoms with E-state index in [1.54, 1.807) is 11.3 Å². The number of nitrogens with zero attached hydrogens (tertiary/aromatic N) is 4. The quantitative estimate of drug-likeness (QED) is 0.671. The van der Waals surface area contributed by atoms with Gasteiger partial charge in [0, 0.05) is 37.6 Å². The van der Waals surface area contributed by atoms with Crippen LogP contribution in [0.3, 0.4) is 0 Å². The summed E-state index contributed by atoms with van der Waals surface area (Å²) in [6.07, 6.45) is 1.04. The number of benzene rings is 1. The molecule has 5 rings (SSSR count). The molecule has 28 heavy (non-hydrogen) atoms. The van der Waals surface area contributed by atoms with Crippen LogP contribution in [0.5, 0.6) is 11.5 Å². The van der Waals surface area contributed by atoms with Crippen LogP contribution in [0, 0.1) is 6.92 Å². The maximum Gasteiger partial charge on any atom is 0.231 e. The summed E-state index contributed by atoms with van der Waals surface area (Å²) in [5.74, 6) is 3.66. The lowest BCUT2D eigenvalue weighted by atomic mass is 10.1. The number of hydrogen-bond donors (Lipinski definition) is 0. The van der Waals surface area contributed by atoms with Crippen molar-refractivity contribution in [3.05, 3.63) is 40.5 Å². The number of aryl methyl sites for hydroxylation is 2. The molecule has 2 aromatic heterocycles. The molecule has 0 saturated carbocycles. The monoisotopic (exact) mass is 396 g/mol. The standard InChI is InChI=1S/C21H24N4O2S/c1-3-16-11-17-20(22-14(2)23-21(17)28-16)25-8-6-24(7-9-25)12-15-4-5-18-19(10-15)27-13-26-18/h4-5,10-11H,3,6-9,12-13H2,1-2H3. The normalized spacial score (nSPS) is 16.9. The predicted molar refractivity (Wildman–Crippen MR) is 112 cm³/mol. The summed E-state index contributed by atoms with van der Waals surface area (Å²) in [4.78, 5) is 16.8. The van der Waals surface area contributed by atoms with Crippen molar-refractivity contribution in [2.75, 3.05) is 37.9 Å². The lowest BCUT2D eigenvalue weighted by molar-refractivity contribution is 0.174. The first-order valence-electron chi connectivity index (χ1n) is 9.82. The maximum atomic E-state index is 5.50. The Morgan fingerprint density at radius 2 is 1.86 bits per heavy atom. The zero-order valence-electron chi connectivity index (χ0n) is 16.3. The molecule has 0 N–H and O–H groups in total. The molecule has 1 fully saturated rings. The van der Waals surface area contributed by atoms with E-state index >= 15 is 0 Å². The average Bonchev–Trinajstić information content (AvgIpc) is 3.34. The minimum Gasteiger partial charge on any atom is -0.454 e. The minimum atomic E-state index is 0.326. The van der Waals surface area contributed by atoms with Crippen LogP contribution >= 0.6 is 11.3 Å². The second kappa shape index (κ2) is 7.22. The summed E-state index contributed by atoms with van der Waals surface area (Å²) in [5, 5.41) is 1.21. The summed E-state index contributed by atoms with van der Waals surface area (Å²) >= 11 is 1.79. The number of piperazine rings is 1. The van der Waals surface area contributed by atoms with E-state index in [9.17, 15) is 0 Å². The second-order valence-corrected chi connectivity index (χ2v) is 8.45. The maximum absolute atomic E-state index is 5.50. The summed E-state index contributed by atoms with van der Waals surface area (Å²) in [6.45, 7) is 9.44. The van der Waals surface area contributed by atoms with Gasteiger partial charge in [0.25, 0.3) is 0 Å². The van der Waals surface area contributed by atoms with Crippen molar-refractivity contribution >= 4 is 27.4 Å². The Labute approximate surface area is 168 Å². The van der Waals surface area contributed by atoms with Gasteiger partial charge >= 0.3 is 0 Å². The molecule has 2 aliphatic rings. The third-order valence-corrected chi connectivity index (χ3v) is 6.57. The number of ether oxygens (including phenoxy) is 2. The topological polar surface area (TPSA) is 50.7 Å². The van der Waals surface area contributed by atoms with Crippen molar-refractivity contribution < 1.29 is 9.47 Å². The van der Waals surface area contributed by atoms with Crippen molar-refractivity contribution in [2.45, 2.75) is 26.8 Å². The highest BCUT2D eigenvalue weighted by atomic mass is 32.1.